The van der Waals surface area contributed by atoms with Crippen molar-refractivity contribution in [1.82, 2.24) is 4.90 Å². The molecular weight excluding hydrogens is 254 g/mol. The summed E-state index contributed by atoms with van der Waals surface area (Å²) in [5.41, 5.74) is 0.625. The summed E-state index contributed by atoms with van der Waals surface area (Å²) in [6.07, 6.45) is -0.363. The third-order valence-corrected chi connectivity index (χ3v) is 2.73. The second kappa shape index (κ2) is 6.61. The van der Waals surface area contributed by atoms with Gasteiger partial charge >= 0.3 is 0 Å². The van der Waals surface area contributed by atoms with Crippen LogP contribution in [0.4, 0.5) is 0 Å². The fourth-order valence-corrected chi connectivity index (χ4v) is 1.63. The summed E-state index contributed by atoms with van der Waals surface area (Å²) in [5.74, 6) is 0.559. The number of aliphatic hydroxyl groups is 1. The quantitative estimate of drug-likeness (QED) is 0.894. The maximum absolute atomic E-state index is 11.4. The number of ether oxygens (including phenoxy) is 1. The fourth-order valence-electron chi connectivity index (χ4n) is 1.45. The molecule has 0 aliphatic carbocycles. The first-order chi connectivity index (χ1) is 8.41. The van der Waals surface area contributed by atoms with Crippen LogP contribution >= 0.6 is 11.6 Å². The van der Waals surface area contributed by atoms with Crippen LogP contribution in [0.3, 0.4) is 0 Å². The highest BCUT2D eigenvalue weighted by Crippen LogP contribution is 2.28. The Morgan fingerprint density at radius 3 is 2.72 bits per heavy atom. The Balaban J connectivity index is 2.65. The van der Waals surface area contributed by atoms with E-state index in [9.17, 15) is 9.90 Å². The van der Waals surface area contributed by atoms with Gasteiger partial charge in [0.2, 0.25) is 5.91 Å². The molecule has 1 amide bonds. The summed E-state index contributed by atoms with van der Waals surface area (Å²) in [6.45, 7) is 1.92. The van der Waals surface area contributed by atoms with E-state index in [0.29, 0.717) is 22.8 Å². The van der Waals surface area contributed by atoms with E-state index in [1.165, 1.54) is 4.90 Å². The zero-order chi connectivity index (χ0) is 13.7. The van der Waals surface area contributed by atoms with Crippen LogP contribution in [0.5, 0.6) is 5.75 Å². The number of aliphatic hydroxyl groups excluding tert-OH is 1. The predicted molar refractivity (Wildman–Crippen MR) is 70.9 cm³/mol. The van der Waals surface area contributed by atoms with Gasteiger partial charge in [-0.15, -0.1) is 0 Å². The van der Waals surface area contributed by atoms with E-state index in [4.69, 9.17) is 16.3 Å². The molecule has 1 rings (SSSR count). The minimum absolute atomic E-state index is 0.00237. The lowest BCUT2D eigenvalue weighted by atomic mass is 10.1. The highest BCUT2D eigenvalue weighted by Gasteiger charge is 2.11. The number of halogens is 1. The Bertz CT molecular complexity index is 419. The molecule has 1 atom stereocenters. The number of hydrogen-bond donors (Lipinski definition) is 1. The van der Waals surface area contributed by atoms with Crippen LogP contribution < -0.4 is 4.74 Å². The molecule has 0 aromatic heterocycles. The summed E-state index contributed by atoms with van der Waals surface area (Å²) in [6, 6.07) is 5.05. The van der Waals surface area contributed by atoms with Crippen LogP contribution in [0, 0.1) is 0 Å². The molecule has 0 heterocycles. The van der Waals surface area contributed by atoms with Crippen molar-refractivity contribution in [3.63, 3.8) is 0 Å². The number of benzene rings is 1. The van der Waals surface area contributed by atoms with Crippen LogP contribution in [0.25, 0.3) is 0 Å². The largest absolute Gasteiger partial charge is 0.493 e. The van der Waals surface area contributed by atoms with Gasteiger partial charge in [0.05, 0.1) is 19.1 Å². The number of carbonyl (C=O) groups is 1. The number of amides is 1. The molecule has 0 aliphatic rings. The van der Waals surface area contributed by atoms with Crippen LogP contribution in [0.2, 0.25) is 5.02 Å². The Kier molecular flexibility index (Phi) is 5.44. The molecule has 1 aromatic rings. The number of hydrogen-bond acceptors (Lipinski definition) is 3. The van der Waals surface area contributed by atoms with E-state index in [0.717, 1.165) is 0 Å². The number of carbonyl (C=O) groups excluding carboxylic acids is 1. The number of rotatable bonds is 5. The van der Waals surface area contributed by atoms with Crippen molar-refractivity contribution in [2.24, 2.45) is 0 Å². The zero-order valence-corrected chi connectivity index (χ0v) is 11.6. The van der Waals surface area contributed by atoms with Crippen LogP contribution in [0.15, 0.2) is 18.2 Å². The van der Waals surface area contributed by atoms with Crippen molar-refractivity contribution < 1.29 is 14.6 Å². The van der Waals surface area contributed by atoms with Crippen LogP contribution in [-0.2, 0) is 4.79 Å². The summed E-state index contributed by atoms with van der Waals surface area (Å²) < 4.78 is 5.51. The lowest BCUT2D eigenvalue weighted by Crippen LogP contribution is -2.23. The lowest BCUT2D eigenvalue weighted by molar-refractivity contribution is -0.129. The number of nitrogens with zero attached hydrogens (tertiary/aromatic N) is 1. The lowest BCUT2D eigenvalue weighted by Gasteiger charge is -2.15. The average Bonchev–Trinajstić information content (AvgIpc) is 2.30. The molecule has 5 heteroatoms. The summed E-state index contributed by atoms with van der Waals surface area (Å²) in [5, 5.41) is 10.2. The van der Waals surface area contributed by atoms with Crippen molar-refractivity contribution >= 4 is 17.5 Å². The molecule has 0 bridgehead atoms. The molecule has 100 valence electrons. The fraction of sp³-hybridized carbons (Fsp3) is 0.462. The SMILES string of the molecule is C[C@H](O)c1cc(Cl)ccc1OCCC(=O)N(C)C. The third-order valence-electron chi connectivity index (χ3n) is 2.49. The molecule has 4 nitrogen and oxygen atoms in total. The van der Waals surface area contributed by atoms with Gasteiger partial charge in [0.25, 0.3) is 0 Å². The molecule has 1 N–H and O–H groups in total. The van der Waals surface area contributed by atoms with E-state index in [2.05, 4.69) is 0 Å². The molecule has 0 fully saturated rings. The van der Waals surface area contributed by atoms with Crippen molar-refractivity contribution in [2.45, 2.75) is 19.4 Å². The third kappa shape index (κ3) is 4.20. The summed E-state index contributed by atoms with van der Waals surface area (Å²) in [7, 11) is 3.40. The molecule has 1 aromatic carbocycles. The highest BCUT2D eigenvalue weighted by atomic mass is 35.5. The van der Waals surface area contributed by atoms with Gasteiger partial charge in [-0.1, -0.05) is 11.6 Å². The van der Waals surface area contributed by atoms with E-state index >= 15 is 0 Å². The summed E-state index contributed by atoms with van der Waals surface area (Å²) in [4.78, 5) is 12.9. The first-order valence-corrected chi connectivity index (χ1v) is 6.10. The Morgan fingerprint density at radius 1 is 1.50 bits per heavy atom. The maximum Gasteiger partial charge on any atom is 0.225 e. The molecule has 18 heavy (non-hydrogen) atoms. The van der Waals surface area contributed by atoms with E-state index in [-0.39, 0.29) is 12.5 Å². The Labute approximate surface area is 112 Å². The van der Waals surface area contributed by atoms with Gasteiger partial charge in [0.1, 0.15) is 5.75 Å². The highest BCUT2D eigenvalue weighted by molar-refractivity contribution is 6.30. The van der Waals surface area contributed by atoms with E-state index < -0.39 is 6.10 Å². The van der Waals surface area contributed by atoms with Gasteiger partial charge in [0, 0.05) is 24.7 Å². The Morgan fingerprint density at radius 2 is 2.17 bits per heavy atom. The standard InChI is InChI=1S/C13H18ClNO3/c1-9(16)11-8-10(14)4-5-12(11)18-7-6-13(17)15(2)3/h4-5,8-9,16H,6-7H2,1-3H3/t9-/m0/s1. The van der Waals surface area contributed by atoms with Gasteiger partial charge in [-0.05, 0) is 25.1 Å². The van der Waals surface area contributed by atoms with Crippen molar-refractivity contribution in [1.29, 1.82) is 0 Å². The molecule has 0 spiro atoms. The minimum Gasteiger partial charge on any atom is -0.493 e. The minimum atomic E-state index is -0.664. The molecular formula is C13H18ClNO3. The van der Waals surface area contributed by atoms with Crippen molar-refractivity contribution in [3.8, 4) is 5.75 Å². The maximum atomic E-state index is 11.4. The second-order valence-electron chi connectivity index (χ2n) is 4.24. The second-order valence-corrected chi connectivity index (χ2v) is 4.68. The monoisotopic (exact) mass is 271 g/mol. The van der Waals surface area contributed by atoms with Crippen molar-refractivity contribution in [3.05, 3.63) is 28.8 Å². The first kappa shape index (κ1) is 14.8. The summed E-state index contributed by atoms with van der Waals surface area (Å²) >= 11 is 5.86. The van der Waals surface area contributed by atoms with Crippen LogP contribution in [-0.4, -0.2) is 36.6 Å². The Hall–Kier alpha value is -1.26. The molecule has 0 saturated heterocycles. The van der Waals surface area contributed by atoms with Crippen LogP contribution in [0.1, 0.15) is 25.0 Å². The van der Waals surface area contributed by atoms with E-state index in [1.807, 2.05) is 0 Å². The molecule has 0 unspecified atom stereocenters. The first-order valence-electron chi connectivity index (χ1n) is 5.72. The molecule has 0 aliphatic heterocycles. The molecule has 0 saturated carbocycles. The van der Waals surface area contributed by atoms with Gasteiger partial charge in [-0.3, -0.25) is 4.79 Å². The van der Waals surface area contributed by atoms with Gasteiger partial charge in [-0.2, -0.15) is 0 Å². The topological polar surface area (TPSA) is 49.8 Å². The van der Waals surface area contributed by atoms with Gasteiger partial charge in [-0.25, -0.2) is 0 Å². The van der Waals surface area contributed by atoms with Crippen molar-refractivity contribution in [2.75, 3.05) is 20.7 Å². The normalized spacial score (nSPS) is 12.1. The predicted octanol–water partition coefficient (Wildman–Crippen LogP) is 2.25. The molecule has 0 radical (unpaired) electrons. The zero-order valence-electron chi connectivity index (χ0n) is 10.8. The van der Waals surface area contributed by atoms with E-state index in [1.54, 1.807) is 39.2 Å². The van der Waals surface area contributed by atoms with Gasteiger partial charge < -0.3 is 14.7 Å². The average molecular weight is 272 g/mol. The van der Waals surface area contributed by atoms with Gasteiger partial charge in [0.15, 0.2) is 0 Å². The smallest absolute Gasteiger partial charge is 0.225 e.